The number of aromatic nitrogens is 3. The molecular formula is C16H13F2N5O2. The van der Waals surface area contributed by atoms with E-state index >= 15 is 0 Å². The largest absolute Gasteiger partial charge is 0.345 e. The number of amides is 2. The first-order valence-electron chi connectivity index (χ1n) is 7.33. The quantitative estimate of drug-likeness (QED) is 0.733. The Balaban J connectivity index is 1.53. The monoisotopic (exact) mass is 345 g/mol. The van der Waals surface area contributed by atoms with E-state index in [1.54, 1.807) is 24.3 Å². The van der Waals surface area contributed by atoms with Crippen LogP contribution in [0.1, 0.15) is 0 Å². The van der Waals surface area contributed by atoms with Crippen LogP contribution >= 0.6 is 0 Å². The molecule has 25 heavy (non-hydrogen) atoms. The Morgan fingerprint density at radius 3 is 2.36 bits per heavy atom. The summed E-state index contributed by atoms with van der Waals surface area (Å²) in [5, 5.41) is 12.8. The molecule has 1 aromatic heterocycles. The van der Waals surface area contributed by atoms with Crippen molar-refractivity contribution in [2.75, 3.05) is 11.9 Å². The first kappa shape index (κ1) is 16.5. The van der Waals surface area contributed by atoms with Gasteiger partial charge in [-0.15, -0.1) is 0 Å². The molecule has 0 unspecified atom stereocenters. The van der Waals surface area contributed by atoms with Gasteiger partial charge >= 0.3 is 0 Å². The Hall–Kier alpha value is -3.36. The van der Waals surface area contributed by atoms with Crippen LogP contribution in [0.15, 0.2) is 42.5 Å². The standard InChI is InChI=1S/C16H13F2N5O2/c17-10-5-6-11(18)14(7-10)20-15(24)8-19-16(25)9-23-21-12-3-1-2-4-13(12)22-23/h1-7H,8-9H2,(H,19,25)(H,20,24). The number of benzene rings is 2. The number of rotatable bonds is 5. The first-order valence-corrected chi connectivity index (χ1v) is 7.33. The van der Waals surface area contributed by atoms with E-state index < -0.39 is 30.0 Å². The minimum Gasteiger partial charge on any atom is -0.345 e. The fourth-order valence-corrected chi connectivity index (χ4v) is 2.13. The van der Waals surface area contributed by atoms with E-state index in [0.717, 1.165) is 18.2 Å². The summed E-state index contributed by atoms with van der Waals surface area (Å²) in [6.45, 7) is -0.564. The van der Waals surface area contributed by atoms with Crippen molar-refractivity contribution in [3.8, 4) is 0 Å². The van der Waals surface area contributed by atoms with Gasteiger partial charge < -0.3 is 10.6 Å². The lowest BCUT2D eigenvalue weighted by Crippen LogP contribution is -2.35. The second kappa shape index (κ2) is 7.04. The van der Waals surface area contributed by atoms with E-state index in [-0.39, 0.29) is 12.2 Å². The molecule has 2 aromatic carbocycles. The number of nitrogens with one attached hydrogen (secondary N) is 2. The van der Waals surface area contributed by atoms with Gasteiger partial charge in [-0.25, -0.2) is 8.78 Å². The molecule has 0 saturated heterocycles. The molecule has 0 aliphatic heterocycles. The third kappa shape index (κ3) is 4.14. The van der Waals surface area contributed by atoms with Gasteiger partial charge in [0.25, 0.3) is 0 Å². The zero-order valence-electron chi connectivity index (χ0n) is 12.9. The lowest BCUT2D eigenvalue weighted by Gasteiger charge is -2.07. The fourth-order valence-electron chi connectivity index (χ4n) is 2.13. The Bertz CT molecular complexity index is 908. The van der Waals surface area contributed by atoms with Crippen molar-refractivity contribution >= 4 is 28.5 Å². The summed E-state index contributed by atoms with van der Waals surface area (Å²) >= 11 is 0. The molecule has 3 aromatic rings. The van der Waals surface area contributed by atoms with Crippen molar-refractivity contribution in [1.29, 1.82) is 0 Å². The van der Waals surface area contributed by atoms with Crippen molar-refractivity contribution in [2.45, 2.75) is 6.54 Å². The highest BCUT2D eigenvalue weighted by Gasteiger charge is 2.11. The molecule has 2 N–H and O–H groups in total. The summed E-state index contributed by atoms with van der Waals surface area (Å²) in [6.07, 6.45) is 0. The Morgan fingerprint density at radius 1 is 1.00 bits per heavy atom. The molecule has 9 heteroatoms. The van der Waals surface area contributed by atoms with Crippen molar-refractivity contribution < 1.29 is 18.4 Å². The summed E-state index contributed by atoms with van der Waals surface area (Å²) in [7, 11) is 0. The molecule has 7 nitrogen and oxygen atoms in total. The minimum atomic E-state index is -0.770. The van der Waals surface area contributed by atoms with Gasteiger partial charge in [0.1, 0.15) is 29.2 Å². The second-order valence-electron chi connectivity index (χ2n) is 5.17. The van der Waals surface area contributed by atoms with Gasteiger partial charge in [0.15, 0.2) is 0 Å². The van der Waals surface area contributed by atoms with Crippen molar-refractivity contribution in [1.82, 2.24) is 20.3 Å². The summed E-state index contributed by atoms with van der Waals surface area (Å²) in [6, 6.07) is 9.82. The van der Waals surface area contributed by atoms with Crippen molar-refractivity contribution in [2.24, 2.45) is 0 Å². The number of anilines is 1. The molecule has 0 bridgehead atoms. The average Bonchev–Trinajstić information content (AvgIpc) is 2.98. The molecule has 2 amide bonds. The zero-order chi connectivity index (χ0) is 17.8. The first-order chi connectivity index (χ1) is 12.0. The van der Waals surface area contributed by atoms with Crippen molar-refractivity contribution in [3.05, 3.63) is 54.1 Å². The number of hydrogen-bond donors (Lipinski definition) is 2. The van der Waals surface area contributed by atoms with E-state index in [2.05, 4.69) is 20.8 Å². The number of fused-ring (bicyclic) bond motifs is 1. The SMILES string of the molecule is O=C(Cn1nc2ccccc2n1)NCC(=O)Nc1cc(F)ccc1F. The zero-order valence-corrected chi connectivity index (χ0v) is 12.9. The maximum atomic E-state index is 13.4. The average molecular weight is 345 g/mol. The molecule has 0 saturated carbocycles. The number of hydrogen-bond acceptors (Lipinski definition) is 4. The molecule has 3 rings (SSSR count). The molecule has 0 aliphatic rings. The van der Waals surface area contributed by atoms with E-state index in [0.29, 0.717) is 11.0 Å². The third-order valence-corrected chi connectivity index (χ3v) is 3.26. The Morgan fingerprint density at radius 2 is 1.68 bits per heavy atom. The molecule has 0 atom stereocenters. The lowest BCUT2D eigenvalue weighted by molar-refractivity contribution is -0.124. The minimum absolute atomic E-state index is 0.170. The van der Waals surface area contributed by atoms with E-state index in [4.69, 9.17) is 0 Å². The predicted octanol–water partition coefficient (Wildman–Crippen LogP) is 1.46. The maximum Gasteiger partial charge on any atom is 0.244 e. The lowest BCUT2D eigenvalue weighted by atomic mass is 10.3. The molecule has 0 spiro atoms. The summed E-state index contributed by atoms with van der Waals surface area (Å²) in [5.74, 6) is -2.63. The van der Waals surface area contributed by atoms with Gasteiger partial charge in [-0.05, 0) is 24.3 Å². The fraction of sp³-hybridized carbons (Fsp3) is 0.125. The van der Waals surface area contributed by atoms with Gasteiger partial charge in [0.2, 0.25) is 11.8 Å². The van der Waals surface area contributed by atoms with Crippen LogP contribution in [0.5, 0.6) is 0 Å². The van der Waals surface area contributed by atoms with Gasteiger partial charge in [-0.2, -0.15) is 15.0 Å². The van der Waals surface area contributed by atoms with Crippen LogP contribution in [-0.2, 0) is 16.1 Å². The maximum absolute atomic E-state index is 13.4. The summed E-state index contributed by atoms with van der Waals surface area (Å²) in [5.41, 5.74) is 1.00. The predicted molar refractivity (Wildman–Crippen MR) is 85.5 cm³/mol. The highest BCUT2D eigenvalue weighted by atomic mass is 19.1. The summed E-state index contributed by atoms with van der Waals surface area (Å²) < 4.78 is 26.5. The van der Waals surface area contributed by atoms with Gasteiger partial charge in [0.05, 0.1) is 12.2 Å². The number of halogens is 2. The van der Waals surface area contributed by atoms with E-state index in [1.807, 2.05) is 0 Å². The number of carbonyl (C=O) groups excluding carboxylic acids is 2. The van der Waals surface area contributed by atoms with E-state index in [9.17, 15) is 18.4 Å². The second-order valence-corrected chi connectivity index (χ2v) is 5.17. The van der Waals surface area contributed by atoms with Crippen LogP contribution in [0.3, 0.4) is 0 Å². The third-order valence-electron chi connectivity index (χ3n) is 3.26. The van der Waals surface area contributed by atoms with Crippen LogP contribution < -0.4 is 10.6 Å². The van der Waals surface area contributed by atoms with Crippen molar-refractivity contribution in [3.63, 3.8) is 0 Å². The molecule has 0 aliphatic carbocycles. The van der Waals surface area contributed by atoms with E-state index in [1.165, 1.54) is 4.80 Å². The van der Waals surface area contributed by atoms with Crippen LogP contribution in [0.2, 0.25) is 0 Å². The Labute approximate surface area is 140 Å². The summed E-state index contributed by atoms with van der Waals surface area (Å²) in [4.78, 5) is 24.8. The number of carbonyl (C=O) groups is 2. The van der Waals surface area contributed by atoms with Crippen LogP contribution in [0.25, 0.3) is 11.0 Å². The van der Waals surface area contributed by atoms with Gasteiger partial charge in [0, 0.05) is 6.07 Å². The topological polar surface area (TPSA) is 88.9 Å². The molecular weight excluding hydrogens is 332 g/mol. The van der Waals surface area contributed by atoms with Gasteiger partial charge in [-0.3, -0.25) is 9.59 Å². The smallest absolute Gasteiger partial charge is 0.244 e. The molecule has 0 radical (unpaired) electrons. The normalized spacial score (nSPS) is 10.6. The molecule has 1 heterocycles. The van der Waals surface area contributed by atoms with Crippen LogP contribution in [0.4, 0.5) is 14.5 Å². The highest BCUT2D eigenvalue weighted by molar-refractivity contribution is 5.94. The highest BCUT2D eigenvalue weighted by Crippen LogP contribution is 2.14. The number of nitrogens with zero attached hydrogens (tertiary/aromatic N) is 3. The van der Waals surface area contributed by atoms with Gasteiger partial charge in [-0.1, -0.05) is 12.1 Å². The molecule has 0 fully saturated rings. The van der Waals surface area contributed by atoms with Crippen LogP contribution in [-0.4, -0.2) is 33.4 Å². The Kier molecular flexibility index (Phi) is 4.64. The van der Waals surface area contributed by atoms with Crippen LogP contribution in [0, 0.1) is 11.6 Å². The molecule has 128 valence electrons.